The summed E-state index contributed by atoms with van der Waals surface area (Å²) in [6, 6.07) is 17.6. The molecule has 3 N–H and O–H groups in total. The predicted molar refractivity (Wildman–Crippen MR) is 70.6 cm³/mol. The molecule has 92 valence electrons. The average molecular weight is 242 g/mol. The normalized spacial score (nSPS) is 10.1. The fourth-order valence-corrected chi connectivity index (χ4v) is 1.68. The van der Waals surface area contributed by atoms with Crippen molar-refractivity contribution in [2.75, 3.05) is 11.9 Å². The van der Waals surface area contributed by atoms with Gasteiger partial charge in [0.1, 0.15) is 6.61 Å². The van der Waals surface area contributed by atoms with Crippen LogP contribution in [0, 0.1) is 0 Å². The number of carbonyl (C=O) groups excluding carboxylic acids is 1. The van der Waals surface area contributed by atoms with Gasteiger partial charge in [-0.15, -0.1) is 0 Å². The average Bonchev–Trinajstić information content (AvgIpc) is 2.40. The Kier molecular flexibility index (Phi) is 4.06. The van der Waals surface area contributed by atoms with Gasteiger partial charge < -0.3 is 5.32 Å². The monoisotopic (exact) mass is 242 g/mol. The molecule has 2 aromatic rings. The quantitative estimate of drug-likeness (QED) is 0.808. The van der Waals surface area contributed by atoms with Gasteiger partial charge in [-0.1, -0.05) is 42.5 Å². The molecule has 0 heterocycles. The van der Waals surface area contributed by atoms with E-state index in [9.17, 15) is 4.79 Å². The highest BCUT2D eigenvalue weighted by Crippen LogP contribution is 2.22. The number of nitrogens with two attached hydrogens (primary N) is 1. The Bertz CT molecular complexity index is 526. The highest BCUT2D eigenvalue weighted by Gasteiger charge is 2.03. The molecule has 2 aromatic carbocycles. The van der Waals surface area contributed by atoms with Gasteiger partial charge in [-0.2, -0.15) is 0 Å². The van der Waals surface area contributed by atoms with Crippen LogP contribution in [-0.4, -0.2) is 12.5 Å². The van der Waals surface area contributed by atoms with E-state index in [0.717, 1.165) is 16.8 Å². The van der Waals surface area contributed by atoms with E-state index in [2.05, 4.69) is 10.2 Å². The molecule has 0 saturated heterocycles. The van der Waals surface area contributed by atoms with Gasteiger partial charge in [0.05, 0.1) is 0 Å². The second-order valence-electron chi connectivity index (χ2n) is 3.81. The largest absolute Gasteiger partial charge is 0.324 e. The number of rotatable bonds is 4. The van der Waals surface area contributed by atoms with Crippen molar-refractivity contribution < 1.29 is 9.63 Å². The molecule has 0 spiro atoms. The van der Waals surface area contributed by atoms with Crippen molar-refractivity contribution in [1.29, 1.82) is 0 Å². The summed E-state index contributed by atoms with van der Waals surface area (Å²) in [7, 11) is 0. The molecule has 1 amide bonds. The van der Waals surface area contributed by atoms with Crippen molar-refractivity contribution in [1.82, 2.24) is 0 Å². The molecule has 0 unspecified atom stereocenters. The van der Waals surface area contributed by atoms with E-state index >= 15 is 0 Å². The zero-order valence-corrected chi connectivity index (χ0v) is 9.80. The molecular formula is C14H14N2O2. The summed E-state index contributed by atoms with van der Waals surface area (Å²) >= 11 is 0. The lowest BCUT2D eigenvalue weighted by Crippen LogP contribution is -2.20. The number of anilines is 1. The minimum Gasteiger partial charge on any atom is -0.324 e. The van der Waals surface area contributed by atoms with Crippen molar-refractivity contribution in [3.8, 4) is 11.1 Å². The lowest BCUT2D eigenvalue weighted by Gasteiger charge is -2.07. The standard InChI is InChI=1S/C14H14N2O2/c15-18-10-14(17)16-13-8-4-7-12(9-13)11-5-2-1-3-6-11/h1-9H,10,15H2,(H,16,17). The van der Waals surface area contributed by atoms with Crippen molar-refractivity contribution >= 4 is 11.6 Å². The summed E-state index contributed by atoms with van der Waals surface area (Å²) in [5, 5.41) is 2.71. The summed E-state index contributed by atoms with van der Waals surface area (Å²) in [6.45, 7) is -0.157. The van der Waals surface area contributed by atoms with E-state index in [4.69, 9.17) is 5.90 Å². The Hall–Kier alpha value is -2.17. The van der Waals surface area contributed by atoms with E-state index in [0.29, 0.717) is 0 Å². The summed E-state index contributed by atoms with van der Waals surface area (Å²) in [6.07, 6.45) is 0. The van der Waals surface area contributed by atoms with Crippen LogP contribution in [0.25, 0.3) is 11.1 Å². The van der Waals surface area contributed by atoms with Crippen LogP contribution in [0.3, 0.4) is 0 Å². The van der Waals surface area contributed by atoms with E-state index in [1.54, 1.807) is 0 Å². The Morgan fingerprint density at radius 2 is 1.78 bits per heavy atom. The molecule has 0 fully saturated rings. The maximum Gasteiger partial charge on any atom is 0.252 e. The van der Waals surface area contributed by atoms with Crippen molar-refractivity contribution in [2.45, 2.75) is 0 Å². The first-order valence-corrected chi connectivity index (χ1v) is 5.56. The van der Waals surface area contributed by atoms with Gasteiger partial charge in [-0.05, 0) is 23.3 Å². The van der Waals surface area contributed by atoms with Gasteiger partial charge in [-0.25, -0.2) is 5.90 Å². The molecular weight excluding hydrogens is 228 g/mol. The van der Waals surface area contributed by atoms with Crippen LogP contribution in [0.4, 0.5) is 5.69 Å². The molecule has 4 nitrogen and oxygen atoms in total. The summed E-state index contributed by atoms with van der Waals surface area (Å²) in [5.74, 6) is 4.57. The van der Waals surface area contributed by atoms with E-state index in [1.807, 2.05) is 54.6 Å². The van der Waals surface area contributed by atoms with Gasteiger partial charge in [0.25, 0.3) is 5.91 Å². The van der Waals surface area contributed by atoms with E-state index in [1.165, 1.54) is 0 Å². The van der Waals surface area contributed by atoms with Crippen molar-refractivity contribution in [2.24, 2.45) is 5.90 Å². The maximum atomic E-state index is 11.3. The van der Waals surface area contributed by atoms with Crippen LogP contribution in [0.15, 0.2) is 54.6 Å². The Morgan fingerprint density at radius 1 is 1.06 bits per heavy atom. The Labute approximate surface area is 105 Å². The van der Waals surface area contributed by atoms with E-state index < -0.39 is 0 Å². The minimum absolute atomic E-state index is 0.157. The van der Waals surface area contributed by atoms with Gasteiger partial charge in [0.15, 0.2) is 0 Å². The summed E-state index contributed by atoms with van der Waals surface area (Å²) in [4.78, 5) is 15.6. The van der Waals surface area contributed by atoms with E-state index in [-0.39, 0.29) is 12.5 Å². The van der Waals surface area contributed by atoms with Crippen LogP contribution in [0.2, 0.25) is 0 Å². The number of hydrogen-bond acceptors (Lipinski definition) is 3. The molecule has 0 aliphatic heterocycles. The molecule has 4 heteroatoms. The third-order valence-electron chi connectivity index (χ3n) is 2.47. The van der Waals surface area contributed by atoms with Gasteiger partial charge in [0.2, 0.25) is 0 Å². The second-order valence-corrected chi connectivity index (χ2v) is 3.81. The van der Waals surface area contributed by atoms with Crippen molar-refractivity contribution in [3.63, 3.8) is 0 Å². The smallest absolute Gasteiger partial charge is 0.252 e. The topological polar surface area (TPSA) is 64.3 Å². The van der Waals surface area contributed by atoms with Crippen LogP contribution in [-0.2, 0) is 9.63 Å². The zero-order chi connectivity index (χ0) is 12.8. The maximum absolute atomic E-state index is 11.3. The Morgan fingerprint density at radius 3 is 2.50 bits per heavy atom. The highest BCUT2D eigenvalue weighted by atomic mass is 16.6. The summed E-state index contributed by atoms with van der Waals surface area (Å²) < 4.78 is 0. The van der Waals surface area contributed by atoms with Crippen LogP contribution < -0.4 is 11.2 Å². The minimum atomic E-state index is -0.275. The number of amides is 1. The van der Waals surface area contributed by atoms with Gasteiger partial charge in [-0.3, -0.25) is 9.63 Å². The molecule has 0 aromatic heterocycles. The molecule has 0 saturated carbocycles. The lowest BCUT2D eigenvalue weighted by molar-refractivity contribution is -0.120. The summed E-state index contributed by atoms with van der Waals surface area (Å²) in [5.41, 5.74) is 2.86. The first-order valence-electron chi connectivity index (χ1n) is 5.56. The molecule has 0 bridgehead atoms. The van der Waals surface area contributed by atoms with Crippen LogP contribution in [0.5, 0.6) is 0 Å². The third kappa shape index (κ3) is 3.16. The fourth-order valence-electron chi connectivity index (χ4n) is 1.68. The fraction of sp³-hybridized carbons (Fsp3) is 0.0714. The Balaban J connectivity index is 2.18. The highest BCUT2D eigenvalue weighted by molar-refractivity contribution is 5.92. The predicted octanol–water partition coefficient (Wildman–Crippen LogP) is 2.18. The van der Waals surface area contributed by atoms with Gasteiger partial charge >= 0.3 is 0 Å². The zero-order valence-electron chi connectivity index (χ0n) is 9.80. The first-order chi connectivity index (χ1) is 8.79. The number of carbonyl (C=O) groups is 1. The molecule has 0 atom stereocenters. The van der Waals surface area contributed by atoms with Gasteiger partial charge in [0, 0.05) is 5.69 Å². The number of hydrogen-bond donors (Lipinski definition) is 2. The van der Waals surface area contributed by atoms with Crippen LogP contribution in [0.1, 0.15) is 0 Å². The molecule has 0 radical (unpaired) electrons. The first kappa shape index (κ1) is 12.3. The van der Waals surface area contributed by atoms with Crippen molar-refractivity contribution in [3.05, 3.63) is 54.6 Å². The molecule has 0 aliphatic rings. The molecule has 0 aliphatic carbocycles. The number of nitrogens with one attached hydrogen (secondary N) is 1. The second kappa shape index (κ2) is 5.95. The SMILES string of the molecule is NOCC(=O)Nc1cccc(-c2ccccc2)c1. The number of benzene rings is 2. The molecule has 18 heavy (non-hydrogen) atoms. The third-order valence-corrected chi connectivity index (χ3v) is 2.47. The lowest BCUT2D eigenvalue weighted by atomic mass is 10.1. The van der Waals surface area contributed by atoms with Crippen LogP contribution >= 0.6 is 0 Å². The molecule has 2 rings (SSSR count).